The molecule has 0 aromatic carbocycles. The molecule has 6 heteroatoms. The molecule has 0 aromatic rings. The molecule has 0 amide bonds. The molecule has 6 nitrogen and oxygen atoms in total. The first-order chi connectivity index (χ1) is 29.6. The van der Waals surface area contributed by atoms with Gasteiger partial charge in [0.15, 0.2) is 6.10 Å². The van der Waals surface area contributed by atoms with E-state index in [2.05, 4.69) is 41.5 Å². The summed E-state index contributed by atoms with van der Waals surface area (Å²) >= 11 is 0. The second-order valence-electron chi connectivity index (χ2n) is 20.3. The molecule has 0 spiro atoms. The molecule has 61 heavy (non-hydrogen) atoms. The zero-order chi connectivity index (χ0) is 44.9. The number of hydrogen-bond acceptors (Lipinski definition) is 6. The van der Waals surface area contributed by atoms with Gasteiger partial charge >= 0.3 is 17.9 Å². The van der Waals surface area contributed by atoms with Crippen LogP contribution in [0.1, 0.15) is 298 Å². The van der Waals surface area contributed by atoms with Crippen LogP contribution < -0.4 is 0 Å². The van der Waals surface area contributed by atoms with Gasteiger partial charge in [-0.2, -0.15) is 0 Å². The fourth-order valence-electron chi connectivity index (χ4n) is 8.29. The lowest BCUT2D eigenvalue weighted by Crippen LogP contribution is -2.30. The average Bonchev–Trinajstić information content (AvgIpc) is 3.22. The molecule has 0 unspecified atom stereocenters. The maximum Gasteiger partial charge on any atom is 0.306 e. The van der Waals surface area contributed by atoms with Crippen LogP contribution in [0.4, 0.5) is 0 Å². The van der Waals surface area contributed by atoms with Gasteiger partial charge in [0.2, 0.25) is 0 Å². The lowest BCUT2D eigenvalue weighted by Gasteiger charge is -2.18. The third-order valence-corrected chi connectivity index (χ3v) is 12.4. The Morgan fingerprint density at radius 2 is 0.475 bits per heavy atom. The van der Waals surface area contributed by atoms with E-state index in [0.29, 0.717) is 19.3 Å². The predicted molar refractivity (Wildman–Crippen MR) is 261 cm³/mol. The summed E-state index contributed by atoms with van der Waals surface area (Å²) in [7, 11) is 0. The molecule has 0 aliphatic rings. The van der Waals surface area contributed by atoms with Gasteiger partial charge in [-0.05, 0) is 37.0 Å². The summed E-state index contributed by atoms with van der Waals surface area (Å²) in [4.78, 5) is 38.0. The van der Waals surface area contributed by atoms with Crippen LogP contribution in [0, 0.1) is 17.8 Å². The fourth-order valence-corrected chi connectivity index (χ4v) is 8.29. The van der Waals surface area contributed by atoms with E-state index in [0.717, 1.165) is 75.5 Å². The van der Waals surface area contributed by atoms with Gasteiger partial charge in [0.25, 0.3) is 0 Å². The summed E-state index contributed by atoms with van der Waals surface area (Å²) in [5.41, 5.74) is 0. The fraction of sp³-hybridized carbons (Fsp3) is 0.945. The van der Waals surface area contributed by atoms with Gasteiger partial charge < -0.3 is 14.2 Å². The Morgan fingerprint density at radius 3 is 0.705 bits per heavy atom. The molecule has 1 atom stereocenters. The van der Waals surface area contributed by atoms with Gasteiger partial charge in [-0.1, -0.05) is 260 Å². The van der Waals surface area contributed by atoms with Crippen LogP contribution in [0.5, 0.6) is 0 Å². The molecule has 0 rings (SSSR count). The van der Waals surface area contributed by atoms with Gasteiger partial charge in [-0.3, -0.25) is 14.4 Å². The Hall–Kier alpha value is -1.59. The molecule has 0 bridgehead atoms. The van der Waals surface area contributed by atoms with Crippen molar-refractivity contribution >= 4 is 17.9 Å². The minimum absolute atomic E-state index is 0.0642. The summed E-state index contributed by atoms with van der Waals surface area (Å²) in [5, 5.41) is 0. The second kappa shape index (κ2) is 46.4. The van der Waals surface area contributed by atoms with Crippen LogP contribution in [0.3, 0.4) is 0 Å². The van der Waals surface area contributed by atoms with E-state index < -0.39 is 6.10 Å². The topological polar surface area (TPSA) is 78.9 Å². The molecule has 0 aliphatic carbocycles. The van der Waals surface area contributed by atoms with Crippen LogP contribution in [0.15, 0.2) is 0 Å². The first-order valence-corrected chi connectivity index (χ1v) is 27.1. The second-order valence-corrected chi connectivity index (χ2v) is 20.3. The van der Waals surface area contributed by atoms with Gasteiger partial charge in [0, 0.05) is 19.3 Å². The van der Waals surface area contributed by atoms with Crippen LogP contribution in [0.25, 0.3) is 0 Å². The normalized spacial score (nSPS) is 12.1. The SMILES string of the molecule is CC(C)CCCCCCCCCCCCCCCC(=O)OC[C@@H](COC(=O)CCCCCCCCCCCCC(C)C)OC(=O)CCCCCCCCCCCCCC(C)C. The van der Waals surface area contributed by atoms with Crippen molar-refractivity contribution in [3.63, 3.8) is 0 Å². The first kappa shape index (κ1) is 59.4. The van der Waals surface area contributed by atoms with Crippen molar-refractivity contribution in [2.24, 2.45) is 17.8 Å². The third kappa shape index (κ3) is 49.3. The van der Waals surface area contributed by atoms with Gasteiger partial charge in [0.05, 0.1) is 0 Å². The van der Waals surface area contributed by atoms with Crippen molar-refractivity contribution in [3.05, 3.63) is 0 Å². The summed E-state index contributed by atoms with van der Waals surface area (Å²) in [6.07, 6.45) is 46.6. The Labute approximate surface area is 380 Å². The Kier molecular flexibility index (Phi) is 45.2. The van der Waals surface area contributed by atoms with E-state index in [9.17, 15) is 14.4 Å². The molecule has 362 valence electrons. The maximum atomic E-state index is 12.8. The molecule has 0 heterocycles. The zero-order valence-electron chi connectivity index (χ0n) is 42.0. The van der Waals surface area contributed by atoms with E-state index in [1.165, 1.54) is 180 Å². The molecule has 0 aromatic heterocycles. The third-order valence-electron chi connectivity index (χ3n) is 12.4. The highest BCUT2D eigenvalue weighted by atomic mass is 16.6. The number of carbonyl (C=O) groups is 3. The van der Waals surface area contributed by atoms with Crippen molar-refractivity contribution < 1.29 is 28.6 Å². The monoisotopic (exact) mass is 863 g/mol. The molecular formula is C55H106O6. The Balaban J connectivity index is 4.31. The minimum Gasteiger partial charge on any atom is -0.462 e. The molecule has 0 fully saturated rings. The average molecular weight is 863 g/mol. The molecule has 0 radical (unpaired) electrons. The lowest BCUT2D eigenvalue weighted by molar-refractivity contribution is -0.167. The van der Waals surface area contributed by atoms with E-state index in [-0.39, 0.29) is 31.1 Å². The van der Waals surface area contributed by atoms with Crippen molar-refractivity contribution in [3.8, 4) is 0 Å². The van der Waals surface area contributed by atoms with Crippen molar-refractivity contribution in [2.75, 3.05) is 13.2 Å². The number of hydrogen-bond donors (Lipinski definition) is 0. The summed E-state index contributed by atoms with van der Waals surface area (Å²) in [6.45, 7) is 13.7. The summed E-state index contributed by atoms with van der Waals surface area (Å²) in [5.74, 6) is 1.63. The number of ether oxygens (including phenoxy) is 3. The van der Waals surface area contributed by atoms with Crippen LogP contribution >= 0.6 is 0 Å². The molecule has 0 aliphatic heterocycles. The Morgan fingerprint density at radius 1 is 0.279 bits per heavy atom. The van der Waals surface area contributed by atoms with E-state index in [1.54, 1.807) is 0 Å². The van der Waals surface area contributed by atoms with E-state index in [4.69, 9.17) is 14.2 Å². The number of esters is 3. The largest absolute Gasteiger partial charge is 0.462 e. The lowest BCUT2D eigenvalue weighted by atomic mass is 10.0. The van der Waals surface area contributed by atoms with Crippen molar-refractivity contribution in [1.82, 2.24) is 0 Å². The number of unbranched alkanes of at least 4 members (excludes halogenated alkanes) is 31. The van der Waals surface area contributed by atoms with E-state index >= 15 is 0 Å². The highest BCUT2D eigenvalue weighted by Crippen LogP contribution is 2.18. The van der Waals surface area contributed by atoms with Gasteiger partial charge in [0.1, 0.15) is 13.2 Å². The van der Waals surface area contributed by atoms with Gasteiger partial charge in [-0.25, -0.2) is 0 Å². The van der Waals surface area contributed by atoms with Crippen molar-refractivity contribution in [2.45, 2.75) is 304 Å². The summed E-state index contributed by atoms with van der Waals surface area (Å²) < 4.78 is 16.8. The highest BCUT2D eigenvalue weighted by Gasteiger charge is 2.19. The van der Waals surface area contributed by atoms with Crippen LogP contribution in [0.2, 0.25) is 0 Å². The minimum atomic E-state index is -0.763. The van der Waals surface area contributed by atoms with Crippen LogP contribution in [-0.4, -0.2) is 37.2 Å². The number of carbonyl (C=O) groups excluding carboxylic acids is 3. The molecular weight excluding hydrogens is 757 g/mol. The highest BCUT2D eigenvalue weighted by molar-refractivity contribution is 5.71. The Bertz CT molecular complexity index is 945. The quantitative estimate of drug-likeness (QED) is 0.0344. The standard InChI is InChI=1S/C55H106O6/c1-49(2)41-35-29-23-17-11-8-7-9-13-20-26-32-38-44-53(56)59-47-52(48-60-54(57)45-39-33-27-21-16-15-19-25-31-37-43-51(5)6)61-55(58)46-40-34-28-22-14-10-12-18-24-30-36-42-50(3)4/h49-52H,7-48H2,1-6H3/t52-/m0/s1. The molecule has 0 saturated heterocycles. The molecule has 0 saturated carbocycles. The van der Waals surface area contributed by atoms with E-state index in [1.807, 2.05) is 0 Å². The smallest absolute Gasteiger partial charge is 0.306 e. The van der Waals surface area contributed by atoms with Gasteiger partial charge in [-0.15, -0.1) is 0 Å². The molecule has 0 N–H and O–H groups in total. The van der Waals surface area contributed by atoms with Crippen molar-refractivity contribution in [1.29, 1.82) is 0 Å². The summed E-state index contributed by atoms with van der Waals surface area (Å²) in [6, 6.07) is 0. The number of rotatable bonds is 48. The maximum absolute atomic E-state index is 12.8. The predicted octanol–water partition coefficient (Wildman–Crippen LogP) is 17.6. The first-order valence-electron chi connectivity index (χ1n) is 27.1. The zero-order valence-corrected chi connectivity index (χ0v) is 42.0. The van der Waals surface area contributed by atoms with Crippen LogP contribution in [-0.2, 0) is 28.6 Å².